The quantitative estimate of drug-likeness (QED) is 0.869. The van der Waals surface area contributed by atoms with Crippen LogP contribution in [0.2, 0.25) is 0 Å². The average molecular weight is 311 g/mol. The summed E-state index contributed by atoms with van der Waals surface area (Å²) in [5.74, 6) is -1.65. The lowest BCUT2D eigenvalue weighted by Gasteiger charge is -2.37. The van der Waals surface area contributed by atoms with Crippen molar-refractivity contribution in [2.75, 3.05) is 19.8 Å². The molecular weight excluding hydrogens is 292 g/mol. The Kier molecular flexibility index (Phi) is 5.26. The molecular formula is C16H19F2NO3. The van der Waals surface area contributed by atoms with Crippen LogP contribution in [0, 0.1) is 11.6 Å². The van der Waals surface area contributed by atoms with Crippen molar-refractivity contribution in [3.05, 3.63) is 41.5 Å². The molecule has 1 saturated heterocycles. The van der Waals surface area contributed by atoms with E-state index in [1.165, 1.54) is 12.1 Å². The zero-order chi connectivity index (χ0) is 16.3. The first-order valence-electron chi connectivity index (χ1n) is 7.09. The summed E-state index contributed by atoms with van der Waals surface area (Å²) >= 11 is 0. The number of aliphatic hydroxyl groups is 1. The van der Waals surface area contributed by atoms with E-state index < -0.39 is 17.7 Å². The molecule has 6 heteroatoms. The van der Waals surface area contributed by atoms with E-state index in [-0.39, 0.29) is 30.7 Å². The van der Waals surface area contributed by atoms with Crippen LogP contribution in [0.3, 0.4) is 0 Å². The predicted molar refractivity (Wildman–Crippen MR) is 78.0 cm³/mol. The number of hydrogen-bond donors (Lipinski definition) is 1. The second-order valence-corrected chi connectivity index (χ2v) is 5.43. The Bertz CT molecular complexity index is 589. The number of morpholine rings is 1. The van der Waals surface area contributed by atoms with Gasteiger partial charge in [-0.3, -0.25) is 4.79 Å². The maximum Gasteiger partial charge on any atom is 0.247 e. The van der Waals surface area contributed by atoms with Crippen molar-refractivity contribution in [3.63, 3.8) is 0 Å². The third-order valence-electron chi connectivity index (χ3n) is 3.69. The predicted octanol–water partition coefficient (Wildman–Crippen LogP) is 1.98. The Morgan fingerprint density at radius 2 is 2.23 bits per heavy atom. The van der Waals surface area contributed by atoms with Crippen molar-refractivity contribution in [2.45, 2.75) is 26.0 Å². The smallest absolute Gasteiger partial charge is 0.247 e. The summed E-state index contributed by atoms with van der Waals surface area (Å²) in [4.78, 5) is 13.9. The third kappa shape index (κ3) is 3.69. The molecule has 1 aliphatic rings. The number of aliphatic hydroxyl groups excluding tert-OH is 1. The van der Waals surface area contributed by atoms with Crippen molar-refractivity contribution in [1.82, 2.24) is 4.90 Å². The van der Waals surface area contributed by atoms with E-state index in [1.807, 2.05) is 6.92 Å². The van der Waals surface area contributed by atoms with Gasteiger partial charge < -0.3 is 14.7 Å². The Labute approximate surface area is 128 Å². The van der Waals surface area contributed by atoms with Crippen LogP contribution in [0.1, 0.15) is 19.4 Å². The van der Waals surface area contributed by atoms with Crippen molar-refractivity contribution >= 4 is 11.5 Å². The van der Waals surface area contributed by atoms with Gasteiger partial charge in [-0.25, -0.2) is 8.78 Å². The Hall–Kier alpha value is -1.79. The van der Waals surface area contributed by atoms with Crippen LogP contribution in [-0.2, 0) is 9.53 Å². The molecule has 4 nitrogen and oxygen atoms in total. The molecule has 0 aliphatic carbocycles. The second kappa shape index (κ2) is 6.98. The van der Waals surface area contributed by atoms with E-state index in [1.54, 1.807) is 11.8 Å². The highest BCUT2D eigenvalue weighted by molar-refractivity contribution is 5.95. The summed E-state index contributed by atoms with van der Waals surface area (Å²) in [5.41, 5.74) is 0.608. The minimum atomic E-state index is -0.704. The normalized spacial score (nSPS) is 22.8. The summed E-state index contributed by atoms with van der Waals surface area (Å²) in [6.07, 6.45) is 0.920. The largest absolute Gasteiger partial charge is 0.394 e. The number of hydrogen-bond acceptors (Lipinski definition) is 3. The molecule has 2 rings (SSSR count). The molecule has 0 saturated carbocycles. The molecule has 1 aliphatic heterocycles. The van der Waals surface area contributed by atoms with E-state index in [4.69, 9.17) is 9.84 Å². The third-order valence-corrected chi connectivity index (χ3v) is 3.69. The van der Waals surface area contributed by atoms with Crippen LogP contribution < -0.4 is 0 Å². The molecule has 1 heterocycles. The molecule has 2 unspecified atom stereocenters. The number of amides is 1. The van der Waals surface area contributed by atoms with Gasteiger partial charge in [0.05, 0.1) is 25.4 Å². The first-order chi connectivity index (χ1) is 10.4. The minimum Gasteiger partial charge on any atom is -0.394 e. The Balaban J connectivity index is 2.18. The van der Waals surface area contributed by atoms with Crippen LogP contribution in [-0.4, -0.2) is 47.8 Å². The first kappa shape index (κ1) is 16.6. The summed E-state index contributed by atoms with van der Waals surface area (Å²) in [5, 5.41) is 9.14. The highest BCUT2D eigenvalue weighted by atomic mass is 19.1. The van der Waals surface area contributed by atoms with Gasteiger partial charge in [0, 0.05) is 24.3 Å². The van der Waals surface area contributed by atoms with Crippen LogP contribution >= 0.6 is 0 Å². The summed E-state index contributed by atoms with van der Waals surface area (Å²) in [7, 11) is 0. The number of rotatable bonds is 3. The monoisotopic (exact) mass is 311 g/mol. The van der Waals surface area contributed by atoms with Crippen LogP contribution in [0.25, 0.3) is 5.57 Å². The fourth-order valence-corrected chi connectivity index (χ4v) is 2.39. The average Bonchev–Trinajstić information content (AvgIpc) is 2.47. The van der Waals surface area contributed by atoms with Crippen LogP contribution in [0.5, 0.6) is 0 Å². The lowest BCUT2D eigenvalue weighted by atomic mass is 10.1. The van der Waals surface area contributed by atoms with Gasteiger partial charge in [0.2, 0.25) is 5.91 Å². The maximum absolute atomic E-state index is 13.7. The minimum absolute atomic E-state index is 0.127. The topological polar surface area (TPSA) is 49.8 Å². The molecule has 1 aromatic carbocycles. The number of benzene rings is 1. The van der Waals surface area contributed by atoms with E-state index in [2.05, 4.69) is 0 Å². The molecule has 1 N–H and O–H groups in total. The molecule has 1 aromatic rings. The Morgan fingerprint density at radius 3 is 2.86 bits per heavy atom. The molecule has 0 radical (unpaired) electrons. The SMILES string of the molecule is C/C(=C/C(=O)N1CC(CO)OCC1C)c1ccc(F)cc1F. The lowest BCUT2D eigenvalue weighted by Crippen LogP contribution is -2.51. The van der Waals surface area contributed by atoms with Gasteiger partial charge in [0.15, 0.2) is 0 Å². The second-order valence-electron chi connectivity index (χ2n) is 5.43. The fourth-order valence-electron chi connectivity index (χ4n) is 2.39. The highest BCUT2D eigenvalue weighted by Crippen LogP contribution is 2.20. The summed E-state index contributed by atoms with van der Waals surface area (Å²) < 4.78 is 32.0. The summed E-state index contributed by atoms with van der Waals surface area (Å²) in [6, 6.07) is 3.12. The zero-order valence-electron chi connectivity index (χ0n) is 12.6. The fraction of sp³-hybridized carbons (Fsp3) is 0.438. The molecule has 1 amide bonds. The highest BCUT2D eigenvalue weighted by Gasteiger charge is 2.28. The molecule has 0 bridgehead atoms. The lowest BCUT2D eigenvalue weighted by molar-refractivity contribution is -0.140. The van der Waals surface area contributed by atoms with Gasteiger partial charge in [-0.2, -0.15) is 0 Å². The molecule has 0 aromatic heterocycles. The van der Waals surface area contributed by atoms with Crippen molar-refractivity contribution in [3.8, 4) is 0 Å². The van der Waals surface area contributed by atoms with Crippen LogP contribution in [0.4, 0.5) is 8.78 Å². The summed E-state index contributed by atoms with van der Waals surface area (Å²) in [6.45, 7) is 3.91. The number of allylic oxidation sites excluding steroid dienone is 1. The van der Waals surface area contributed by atoms with Gasteiger partial charge in [-0.15, -0.1) is 0 Å². The van der Waals surface area contributed by atoms with Gasteiger partial charge in [-0.1, -0.05) is 0 Å². The maximum atomic E-state index is 13.7. The Morgan fingerprint density at radius 1 is 1.50 bits per heavy atom. The molecule has 2 atom stereocenters. The van der Waals surface area contributed by atoms with Crippen molar-refractivity contribution in [1.29, 1.82) is 0 Å². The number of halogens is 2. The number of nitrogens with zero attached hydrogens (tertiary/aromatic N) is 1. The molecule has 0 spiro atoms. The number of carbonyl (C=O) groups excluding carboxylic acids is 1. The number of carbonyl (C=O) groups is 1. The van der Waals surface area contributed by atoms with Crippen molar-refractivity contribution in [2.24, 2.45) is 0 Å². The van der Waals surface area contributed by atoms with E-state index in [0.29, 0.717) is 12.2 Å². The standard InChI is InChI=1S/C16H19F2NO3/c1-10(14-4-3-12(17)6-15(14)18)5-16(21)19-7-13(8-20)22-9-11(19)2/h3-6,11,13,20H,7-9H2,1-2H3/b10-5-. The van der Waals surface area contributed by atoms with Gasteiger partial charge in [-0.05, 0) is 31.6 Å². The first-order valence-corrected chi connectivity index (χ1v) is 7.09. The van der Waals surface area contributed by atoms with Crippen molar-refractivity contribution < 1.29 is 23.4 Å². The van der Waals surface area contributed by atoms with Gasteiger partial charge >= 0.3 is 0 Å². The van der Waals surface area contributed by atoms with E-state index >= 15 is 0 Å². The van der Waals surface area contributed by atoms with E-state index in [9.17, 15) is 13.6 Å². The molecule has 1 fully saturated rings. The number of ether oxygens (including phenoxy) is 1. The van der Waals surface area contributed by atoms with Crippen LogP contribution in [0.15, 0.2) is 24.3 Å². The van der Waals surface area contributed by atoms with Gasteiger partial charge in [0.25, 0.3) is 0 Å². The van der Waals surface area contributed by atoms with Gasteiger partial charge in [0.1, 0.15) is 11.6 Å². The molecule has 22 heavy (non-hydrogen) atoms. The van der Waals surface area contributed by atoms with E-state index in [0.717, 1.165) is 12.1 Å². The molecule has 120 valence electrons. The zero-order valence-corrected chi connectivity index (χ0v) is 12.6.